The van der Waals surface area contributed by atoms with Crippen LogP contribution in [0.5, 0.6) is 0 Å². The Kier molecular flexibility index (Phi) is 5.73. The second-order valence-corrected chi connectivity index (χ2v) is 7.57. The van der Waals surface area contributed by atoms with Gasteiger partial charge in [0.25, 0.3) is 5.91 Å². The van der Waals surface area contributed by atoms with Gasteiger partial charge < -0.3 is 4.57 Å². The molecule has 3 aromatic carbocycles. The zero-order valence-electron chi connectivity index (χ0n) is 15.9. The topological polar surface area (TPSA) is 70.2 Å². The Morgan fingerprint density at radius 2 is 1.80 bits per heavy atom. The van der Waals surface area contributed by atoms with E-state index in [1.165, 1.54) is 0 Å². The Hall–Kier alpha value is -3.69. The molecule has 30 heavy (non-hydrogen) atoms. The van der Waals surface area contributed by atoms with E-state index in [2.05, 4.69) is 43.2 Å². The summed E-state index contributed by atoms with van der Waals surface area (Å²) in [6.45, 7) is 0.670. The van der Waals surface area contributed by atoms with Crippen molar-refractivity contribution in [3.63, 3.8) is 0 Å². The lowest BCUT2D eigenvalue weighted by Crippen LogP contribution is -2.18. The molecule has 0 aliphatic heterocycles. The average molecular weight is 457 g/mol. The molecule has 5 nitrogen and oxygen atoms in total. The third kappa shape index (κ3) is 4.17. The van der Waals surface area contributed by atoms with E-state index in [9.17, 15) is 4.79 Å². The molecule has 1 amide bonds. The molecule has 0 saturated carbocycles. The summed E-state index contributed by atoms with van der Waals surface area (Å²) >= 11 is 3.38. The van der Waals surface area contributed by atoms with Crippen molar-refractivity contribution < 1.29 is 4.79 Å². The predicted molar refractivity (Wildman–Crippen MR) is 121 cm³/mol. The van der Waals surface area contributed by atoms with Crippen molar-refractivity contribution in [3.05, 3.63) is 106 Å². The van der Waals surface area contributed by atoms with Crippen LogP contribution < -0.4 is 5.43 Å². The van der Waals surface area contributed by atoms with Crippen LogP contribution in [0.1, 0.15) is 27.0 Å². The number of hydrogen-bond acceptors (Lipinski definition) is 3. The highest BCUT2D eigenvalue weighted by Crippen LogP contribution is 2.21. The first-order valence-electron chi connectivity index (χ1n) is 9.30. The molecule has 0 radical (unpaired) electrons. The number of aromatic nitrogens is 1. The van der Waals surface area contributed by atoms with Crippen molar-refractivity contribution >= 4 is 39.0 Å². The minimum Gasteiger partial charge on any atom is -0.342 e. The van der Waals surface area contributed by atoms with Gasteiger partial charge in [-0.1, -0.05) is 42.5 Å². The van der Waals surface area contributed by atoms with Crippen LogP contribution in [0.15, 0.2) is 88.6 Å². The number of fused-ring (bicyclic) bond motifs is 1. The summed E-state index contributed by atoms with van der Waals surface area (Å²) in [5, 5.41) is 14.2. The molecule has 146 valence electrons. The van der Waals surface area contributed by atoms with Gasteiger partial charge in [-0.05, 0) is 51.8 Å². The van der Waals surface area contributed by atoms with Crippen LogP contribution in [0.4, 0.5) is 0 Å². The van der Waals surface area contributed by atoms with Gasteiger partial charge >= 0.3 is 0 Å². The Bertz CT molecular complexity index is 1280. The van der Waals surface area contributed by atoms with E-state index in [-0.39, 0.29) is 5.91 Å². The maximum absolute atomic E-state index is 12.3. The normalized spacial score (nSPS) is 10.9. The number of amides is 1. The fourth-order valence-corrected chi connectivity index (χ4v) is 3.72. The van der Waals surface area contributed by atoms with E-state index >= 15 is 0 Å². The molecule has 0 saturated heterocycles. The van der Waals surface area contributed by atoms with Gasteiger partial charge in [0.05, 0.1) is 23.4 Å². The van der Waals surface area contributed by atoms with Crippen molar-refractivity contribution in [2.24, 2.45) is 5.10 Å². The number of nitriles is 1. The Morgan fingerprint density at radius 3 is 2.57 bits per heavy atom. The predicted octanol–water partition coefficient (Wildman–Crippen LogP) is 5.09. The van der Waals surface area contributed by atoms with Crippen LogP contribution in [-0.2, 0) is 6.54 Å². The maximum atomic E-state index is 12.3. The molecule has 0 aliphatic carbocycles. The molecule has 0 unspecified atom stereocenters. The summed E-state index contributed by atoms with van der Waals surface area (Å²) in [4.78, 5) is 12.3. The SMILES string of the molecule is N#Cc1ccc(Cn2cc(/C=N/NC(=O)c3ccccc3Br)c3ccccc32)cc1. The molecule has 4 rings (SSSR count). The van der Waals surface area contributed by atoms with Crippen LogP contribution in [0.25, 0.3) is 10.9 Å². The number of rotatable bonds is 5. The fraction of sp³-hybridized carbons (Fsp3) is 0.0417. The van der Waals surface area contributed by atoms with Gasteiger partial charge in [-0.3, -0.25) is 4.79 Å². The van der Waals surface area contributed by atoms with Crippen LogP contribution in [-0.4, -0.2) is 16.7 Å². The molecule has 0 aliphatic rings. The summed E-state index contributed by atoms with van der Waals surface area (Å²) in [7, 11) is 0. The first kappa shape index (κ1) is 19.6. The Labute approximate surface area is 182 Å². The fourth-order valence-electron chi connectivity index (χ4n) is 3.26. The minimum absolute atomic E-state index is 0.278. The van der Waals surface area contributed by atoms with Crippen LogP contribution in [0.2, 0.25) is 0 Å². The third-order valence-corrected chi connectivity index (χ3v) is 5.44. The summed E-state index contributed by atoms with van der Waals surface area (Å²) in [6, 6.07) is 25.0. The van der Waals surface area contributed by atoms with Crippen LogP contribution in [0.3, 0.4) is 0 Å². The molecular weight excluding hydrogens is 440 g/mol. The summed E-state index contributed by atoms with van der Waals surface area (Å²) in [5.74, 6) is -0.278. The second-order valence-electron chi connectivity index (χ2n) is 6.72. The van der Waals surface area contributed by atoms with Crippen molar-refractivity contribution in [3.8, 4) is 6.07 Å². The highest BCUT2D eigenvalue weighted by molar-refractivity contribution is 9.10. The number of benzene rings is 3. The highest BCUT2D eigenvalue weighted by Gasteiger charge is 2.09. The molecule has 0 bridgehead atoms. The smallest absolute Gasteiger partial charge is 0.272 e. The van der Waals surface area contributed by atoms with Gasteiger partial charge in [-0.15, -0.1) is 0 Å². The first-order valence-corrected chi connectivity index (χ1v) is 10.1. The number of para-hydroxylation sites is 1. The van der Waals surface area contributed by atoms with Gasteiger partial charge in [-0.2, -0.15) is 10.4 Å². The van der Waals surface area contributed by atoms with E-state index in [1.54, 1.807) is 18.3 Å². The quantitative estimate of drug-likeness (QED) is 0.335. The average Bonchev–Trinajstić information content (AvgIpc) is 3.12. The lowest BCUT2D eigenvalue weighted by molar-refractivity contribution is 0.0954. The van der Waals surface area contributed by atoms with Gasteiger partial charge in [-0.25, -0.2) is 5.43 Å². The monoisotopic (exact) mass is 456 g/mol. The van der Waals surface area contributed by atoms with Gasteiger partial charge in [0.15, 0.2) is 0 Å². The lowest BCUT2D eigenvalue weighted by atomic mass is 10.1. The molecule has 0 spiro atoms. The number of halogens is 1. The summed E-state index contributed by atoms with van der Waals surface area (Å²) in [5.41, 5.74) is 6.83. The first-order chi connectivity index (χ1) is 14.7. The highest BCUT2D eigenvalue weighted by atomic mass is 79.9. The van der Waals surface area contributed by atoms with Gasteiger partial charge in [0.1, 0.15) is 0 Å². The number of carbonyl (C=O) groups is 1. The molecule has 1 N–H and O–H groups in total. The largest absolute Gasteiger partial charge is 0.342 e. The Morgan fingerprint density at radius 1 is 1.07 bits per heavy atom. The molecule has 0 fully saturated rings. The third-order valence-electron chi connectivity index (χ3n) is 4.74. The summed E-state index contributed by atoms with van der Waals surface area (Å²) in [6.07, 6.45) is 3.67. The Balaban J connectivity index is 1.57. The molecular formula is C24H17BrN4O. The number of nitrogens with zero attached hydrogens (tertiary/aromatic N) is 3. The van der Waals surface area contributed by atoms with Crippen molar-refractivity contribution in [2.75, 3.05) is 0 Å². The van der Waals surface area contributed by atoms with E-state index in [0.29, 0.717) is 17.7 Å². The van der Waals surface area contributed by atoms with Crippen LogP contribution >= 0.6 is 15.9 Å². The number of hydrogen-bond donors (Lipinski definition) is 1. The minimum atomic E-state index is -0.278. The zero-order chi connectivity index (χ0) is 20.9. The van der Waals surface area contributed by atoms with E-state index in [0.717, 1.165) is 26.5 Å². The number of carbonyl (C=O) groups excluding carboxylic acids is 1. The second kappa shape index (κ2) is 8.76. The number of nitrogens with one attached hydrogen (secondary N) is 1. The number of hydrazone groups is 1. The zero-order valence-corrected chi connectivity index (χ0v) is 17.5. The van der Waals surface area contributed by atoms with Crippen LogP contribution in [0, 0.1) is 11.3 Å². The van der Waals surface area contributed by atoms with Crippen molar-refractivity contribution in [1.29, 1.82) is 5.26 Å². The van der Waals surface area contributed by atoms with E-state index in [1.807, 2.05) is 60.8 Å². The van der Waals surface area contributed by atoms with Crippen molar-refractivity contribution in [1.82, 2.24) is 9.99 Å². The summed E-state index contributed by atoms with van der Waals surface area (Å²) < 4.78 is 2.85. The van der Waals surface area contributed by atoms with Crippen molar-refractivity contribution in [2.45, 2.75) is 6.54 Å². The molecule has 6 heteroatoms. The molecule has 0 atom stereocenters. The molecule has 1 heterocycles. The maximum Gasteiger partial charge on any atom is 0.272 e. The van der Waals surface area contributed by atoms with E-state index in [4.69, 9.17) is 5.26 Å². The lowest BCUT2D eigenvalue weighted by Gasteiger charge is -2.05. The van der Waals surface area contributed by atoms with E-state index < -0.39 is 0 Å². The molecule has 4 aromatic rings. The van der Waals surface area contributed by atoms with Gasteiger partial charge in [0.2, 0.25) is 0 Å². The van der Waals surface area contributed by atoms with Gasteiger partial charge in [0, 0.05) is 33.7 Å². The standard InChI is InChI=1S/C24H17BrN4O/c25-22-7-3-1-6-21(22)24(30)28-27-14-19-16-29(23-8-4-2-5-20(19)23)15-18-11-9-17(13-26)10-12-18/h1-12,14,16H,15H2,(H,28,30)/b27-14+. The molecule has 1 aromatic heterocycles.